The fraction of sp³-hybridized carbons (Fsp3) is 0.300. The van der Waals surface area contributed by atoms with E-state index < -0.39 is 5.82 Å². The van der Waals surface area contributed by atoms with Crippen LogP contribution in [0.5, 0.6) is 0 Å². The summed E-state index contributed by atoms with van der Waals surface area (Å²) in [5.74, 6) is -0.418. The zero-order chi connectivity index (χ0) is 9.68. The van der Waals surface area contributed by atoms with Gasteiger partial charge in [-0.3, -0.25) is 0 Å². The molecule has 0 heterocycles. The number of nitrogens with zero attached hydrogens (tertiary/aromatic N) is 1. The normalized spacial score (nSPS) is 9.15. The average molecular weight is 180 g/mol. The molecule has 1 aromatic carbocycles. The van der Waals surface area contributed by atoms with Gasteiger partial charge in [0, 0.05) is 12.5 Å². The Morgan fingerprint density at radius 2 is 2.31 bits per heavy atom. The lowest BCUT2D eigenvalue weighted by Crippen LogP contribution is -1.89. The number of hydrogen-bond donors (Lipinski definition) is 1. The Bertz CT molecular complexity index is 352. The molecule has 0 atom stereocenters. The highest BCUT2D eigenvalue weighted by Crippen LogP contribution is 2.09. The number of benzene rings is 1. The third-order valence-corrected chi connectivity index (χ3v) is 1.59. The predicted octanol–water partition coefficient (Wildman–Crippen LogP) is 2.02. The molecule has 0 saturated heterocycles. The molecule has 3 heteroatoms. The number of rotatable bonds is 1. The van der Waals surface area contributed by atoms with Crippen molar-refractivity contribution >= 4 is 0 Å². The Labute approximate surface area is 76.5 Å². The van der Waals surface area contributed by atoms with Gasteiger partial charge in [0.15, 0.2) is 0 Å². The van der Waals surface area contributed by atoms with Crippen LogP contribution in [0.2, 0.25) is 0 Å². The zero-order valence-corrected chi connectivity index (χ0v) is 7.42. The Morgan fingerprint density at radius 1 is 1.54 bits per heavy atom. The molecule has 0 fully saturated rings. The third-order valence-electron chi connectivity index (χ3n) is 1.59. The molecular weight excluding hydrogens is 169 g/mol. The summed E-state index contributed by atoms with van der Waals surface area (Å²) in [7, 11) is 0. The molecule has 68 valence electrons. The van der Waals surface area contributed by atoms with Crippen LogP contribution in [-0.2, 0) is 6.61 Å². The molecule has 0 aliphatic heterocycles. The minimum Gasteiger partial charge on any atom is -0.392 e. The van der Waals surface area contributed by atoms with E-state index in [2.05, 4.69) is 10.9 Å². The van der Waals surface area contributed by atoms with Crippen molar-refractivity contribution in [3.8, 4) is 6.07 Å². The van der Waals surface area contributed by atoms with Gasteiger partial charge in [-0.15, -0.1) is 0 Å². The van der Waals surface area contributed by atoms with Crippen LogP contribution in [0.25, 0.3) is 4.85 Å². The molecule has 0 radical (unpaired) electrons. The van der Waals surface area contributed by atoms with Gasteiger partial charge in [0.1, 0.15) is 11.4 Å². The SMILES string of the molecule is CC[N+]#Cc1ccc(CO)c(F)c1. The fourth-order valence-electron chi connectivity index (χ4n) is 0.915. The van der Waals surface area contributed by atoms with Crippen LogP contribution in [0.1, 0.15) is 18.1 Å². The van der Waals surface area contributed by atoms with Crippen molar-refractivity contribution in [3.63, 3.8) is 0 Å². The minimum absolute atomic E-state index is 0.281. The van der Waals surface area contributed by atoms with E-state index in [0.717, 1.165) is 0 Å². The second-order valence-corrected chi connectivity index (χ2v) is 2.55. The first kappa shape index (κ1) is 9.69. The smallest absolute Gasteiger partial charge is 0.311 e. The van der Waals surface area contributed by atoms with Gasteiger partial charge in [-0.05, 0) is 12.1 Å². The summed E-state index contributed by atoms with van der Waals surface area (Å²) in [6.45, 7) is 2.23. The zero-order valence-electron chi connectivity index (χ0n) is 7.42. The topological polar surface area (TPSA) is 24.6 Å². The van der Waals surface area contributed by atoms with Gasteiger partial charge in [0.05, 0.1) is 6.61 Å². The minimum atomic E-state index is -0.418. The number of aliphatic hydroxyl groups excluding tert-OH is 1. The highest BCUT2D eigenvalue weighted by atomic mass is 19.1. The van der Waals surface area contributed by atoms with Gasteiger partial charge in [-0.1, -0.05) is 10.9 Å². The third kappa shape index (κ3) is 2.53. The van der Waals surface area contributed by atoms with Crippen molar-refractivity contribution in [1.82, 2.24) is 0 Å². The summed E-state index contributed by atoms with van der Waals surface area (Å²) in [4.78, 5) is 3.86. The van der Waals surface area contributed by atoms with E-state index in [1.807, 2.05) is 6.92 Å². The standard InChI is InChI=1S/C10H11FNO/c1-2-12-6-8-3-4-9(7-13)10(11)5-8/h3-5,13H,2,7H2,1H3/q+1. The van der Waals surface area contributed by atoms with Crippen LogP contribution in [0.15, 0.2) is 18.2 Å². The Balaban J connectivity index is 2.96. The molecule has 1 N–H and O–H groups in total. The summed E-state index contributed by atoms with van der Waals surface area (Å²) in [5.41, 5.74) is 0.888. The molecule has 0 aliphatic rings. The van der Waals surface area contributed by atoms with E-state index in [9.17, 15) is 4.39 Å². The molecule has 0 amide bonds. The van der Waals surface area contributed by atoms with Crippen molar-refractivity contribution < 1.29 is 9.50 Å². The second-order valence-electron chi connectivity index (χ2n) is 2.55. The van der Waals surface area contributed by atoms with Gasteiger partial charge in [0.2, 0.25) is 0 Å². The van der Waals surface area contributed by atoms with Gasteiger partial charge < -0.3 is 5.11 Å². The number of aliphatic hydroxyl groups is 1. The molecule has 2 nitrogen and oxygen atoms in total. The Morgan fingerprint density at radius 3 is 2.85 bits per heavy atom. The first-order chi connectivity index (χ1) is 6.27. The average Bonchev–Trinajstić information content (AvgIpc) is 2.15. The van der Waals surface area contributed by atoms with Crippen LogP contribution >= 0.6 is 0 Å². The van der Waals surface area contributed by atoms with Crippen molar-refractivity contribution in [2.45, 2.75) is 13.5 Å². The van der Waals surface area contributed by atoms with Crippen LogP contribution < -0.4 is 0 Å². The number of halogens is 1. The van der Waals surface area contributed by atoms with Crippen LogP contribution in [0.3, 0.4) is 0 Å². The lowest BCUT2D eigenvalue weighted by molar-refractivity contribution is 0.275. The molecule has 13 heavy (non-hydrogen) atoms. The monoisotopic (exact) mass is 180 g/mol. The van der Waals surface area contributed by atoms with E-state index >= 15 is 0 Å². The summed E-state index contributed by atoms with van der Waals surface area (Å²) >= 11 is 0. The van der Waals surface area contributed by atoms with Gasteiger partial charge in [-0.2, -0.15) is 0 Å². The first-order valence-electron chi connectivity index (χ1n) is 4.09. The molecule has 0 aliphatic carbocycles. The van der Waals surface area contributed by atoms with Gasteiger partial charge in [0.25, 0.3) is 6.54 Å². The quantitative estimate of drug-likeness (QED) is 0.702. The van der Waals surface area contributed by atoms with Crippen LogP contribution in [-0.4, -0.2) is 11.7 Å². The van der Waals surface area contributed by atoms with Crippen molar-refractivity contribution in [2.24, 2.45) is 0 Å². The lowest BCUT2D eigenvalue weighted by atomic mass is 10.1. The molecule has 1 aromatic rings. The summed E-state index contributed by atoms with van der Waals surface area (Å²) in [6.07, 6.45) is 0. The maximum Gasteiger partial charge on any atom is 0.311 e. The van der Waals surface area contributed by atoms with Crippen molar-refractivity contribution in [1.29, 1.82) is 0 Å². The molecule has 0 unspecified atom stereocenters. The van der Waals surface area contributed by atoms with Gasteiger partial charge >= 0.3 is 6.07 Å². The van der Waals surface area contributed by atoms with Crippen molar-refractivity contribution in [2.75, 3.05) is 6.54 Å². The summed E-state index contributed by atoms with van der Waals surface area (Å²) in [6, 6.07) is 7.21. The molecule has 1 rings (SSSR count). The first-order valence-corrected chi connectivity index (χ1v) is 4.09. The Hall–Kier alpha value is -1.40. The molecule has 0 saturated carbocycles. The van der Waals surface area contributed by atoms with E-state index in [1.165, 1.54) is 12.1 Å². The summed E-state index contributed by atoms with van der Waals surface area (Å²) in [5, 5.41) is 8.70. The molecule has 0 spiro atoms. The largest absolute Gasteiger partial charge is 0.392 e. The molecule has 0 aromatic heterocycles. The highest BCUT2D eigenvalue weighted by Gasteiger charge is 2.03. The maximum atomic E-state index is 13.0. The maximum absolute atomic E-state index is 13.0. The van der Waals surface area contributed by atoms with Crippen LogP contribution in [0, 0.1) is 11.9 Å². The van der Waals surface area contributed by atoms with Crippen LogP contribution in [0.4, 0.5) is 4.39 Å². The number of hydrogen-bond acceptors (Lipinski definition) is 1. The van der Waals surface area contributed by atoms with Gasteiger partial charge in [-0.25, -0.2) is 4.39 Å². The van der Waals surface area contributed by atoms with E-state index in [4.69, 9.17) is 5.11 Å². The Kier molecular flexibility index (Phi) is 3.41. The second kappa shape index (κ2) is 4.58. The van der Waals surface area contributed by atoms with E-state index in [1.54, 1.807) is 6.07 Å². The molecular formula is C10H11FNO+. The predicted molar refractivity (Wildman–Crippen MR) is 49.2 cm³/mol. The fourth-order valence-corrected chi connectivity index (χ4v) is 0.915. The molecule has 0 bridgehead atoms. The van der Waals surface area contributed by atoms with Crippen molar-refractivity contribution in [3.05, 3.63) is 40.0 Å². The highest BCUT2D eigenvalue weighted by molar-refractivity contribution is 5.34. The lowest BCUT2D eigenvalue weighted by Gasteiger charge is -1.96. The van der Waals surface area contributed by atoms with E-state index in [0.29, 0.717) is 17.7 Å². The van der Waals surface area contributed by atoms with E-state index in [-0.39, 0.29) is 6.61 Å². The summed E-state index contributed by atoms with van der Waals surface area (Å²) < 4.78 is 13.0.